The highest BCUT2D eigenvalue weighted by atomic mass is 32.2. The number of hydrogen-bond donors (Lipinski definition) is 0. The molecule has 4 nitrogen and oxygen atoms in total. The highest BCUT2D eigenvalue weighted by molar-refractivity contribution is 8.14. The first-order valence-electron chi connectivity index (χ1n) is 6.07. The molecule has 106 valence electrons. The van der Waals surface area contributed by atoms with Crippen molar-refractivity contribution < 1.29 is 18.8 Å². The first kappa shape index (κ1) is 15.9. The summed E-state index contributed by atoms with van der Waals surface area (Å²) < 4.78 is 11.2. The Hall–Kier alpha value is -1.20. The molecule has 0 atom stereocenters. The van der Waals surface area contributed by atoms with Crippen molar-refractivity contribution in [3.05, 3.63) is 23.8 Å². The van der Waals surface area contributed by atoms with Crippen LogP contribution in [0.2, 0.25) is 0 Å². The monoisotopic (exact) mass is 284 g/mol. The summed E-state index contributed by atoms with van der Waals surface area (Å²) in [6.45, 7) is 0.939. The van der Waals surface area contributed by atoms with E-state index in [9.17, 15) is 4.79 Å². The Morgan fingerprint density at radius 3 is 2.42 bits per heavy atom. The Kier molecular flexibility index (Phi) is 5.69. The van der Waals surface area contributed by atoms with E-state index in [1.54, 1.807) is 32.4 Å². The third kappa shape index (κ3) is 5.12. The number of benzene rings is 1. The van der Waals surface area contributed by atoms with Gasteiger partial charge >= 0.3 is 0 Å². The van der Waals surface area contributed by atoms with Gasteiger partial charge in [-0.25, -0.2) is 0 Å². The lowest BCUT2D eigenvalue weighted by Gasteiger charge is -2.23. The van der Waals surface area contributed by atoms with Crippen LogP contribution < -0.4 is 9.47 Å². The van der Waals surface area contributed by atoms with Gasteiger partial charge in [0.1, 0.15) is 11.5 Å². The quantitative estimate of drug-likeness (QED) is 0.751. The second-order valence-corrected chi connectivity index (χ2v) is 6.28. The van der Waals surface area contributed by atoms with Gasteiger partial charge in [0, 0.05) is 6.07 Å². The second-order valence-electron chi connectivity index (χ2n) is 5.22. The zero-order valence-corrected chi connectivity index (χ0v) is 13.0. The SMILES string of the molecule is COc1ccc(C(=O)SCC[N+](C)(C)C)c(OC)c1. The van der Waals surface area contributed by atoms with Gasteiger partial charge in [0.25, 0.3) is 0 Å². The molecule has 0 heterocycles. The summed E-state index contributed by atoms with van der Waals surface area (Å²) in [6, 6.07) is 5.25. The Morgan fingerprint density at radius 2 is 1.89 bits per heavy atom. The van der Waals surface area contributed by atoms with Crippen molar-refractivity contribution in [1.82, 2.24) is 0 Å². The molecular weight excluding hydrogens is 262 g/mol. The zero-order chi connectivity index (χ0) is 14.5. The lowest BCUT2D eigenvalue weighted by molar-refractivity contribution is -0.867. The summed E-state index contributed by atoms with van der Waals surface area (Å²) in [5, 5.41) is 0.0351. The largest absolute Gasteiger partial charge is 0.497 e. The topological polar surface area (TPSA) is 35.5 Å². The molecule has 0 unspecified atom stereocenters. The normalized spacial score (nSPS) is 11.2. The number of nitrogens with zero attached hydrogens (tertiary/aromatic N) is 1. The molecule has 5 heteroatoms. The van der Waals surface area contributed by atoms with Gasteiger partial charge in [-0.1, -0.05) is 11.8 Å². The number of rotatable bonds is 6. The molecule has 1 aromatic rings. The summed E-state index contributed by atoms with van der Waals surface area (Å²) in [6.07, 6.45) is 0. The minimum absolute atomic E-state index is 0.0351. The van der Waals surface area contributed by atoms with Crippen molar-refractivity contribution in [2.24, 2.45) is 0 Å². The molecule has 0 radical (unpaired) electrons. The average molecular weight is 284 g/mol. The van der Waals surface area contributed by atoms with Crippen LogP contribution in [-0.4, -0.2) is 57.3 Å². The smallest absolute Gasteiger partial charge is 0.223 e. The molecule has 0 saturated heterocycles. The van der Waals surface area contributed by atoms with Crippen LogP contribution in [0.4, 0.5) is 0 Å². The molecular formula is C14H22NO3S+. The molecule has 1 rings (SSSR count). The van der Waals surface area contributed by atoms with E-state index in [4.69, 9.17) is 9.47 Å². The molecule has 0 bridgehead atoms. The van der Waals surface area contributed by atoms with E-state index in [0.29, 0.717) is 17.1 Å². The maximum atomic E-state index is 12.1. The van der Waals surface area contributed by atoms with Crippen molar-refractivity contribution in [2.45, 2.75) is 0 Å². The van der Waals surface area contributed by atoms with Gasteiger partial charge < -0.3 is 14.0 Å². The summed E-state index contributed by atoms with van der Waals surface area (Å²) in [7, 11) is 9.48. The van der Waals surface area contributed by atoms with Gasteiger partial charge in [-0.3, -0.25) is 4.79 Å². The number of thioether (sulfide) groups is 1. The molecule has 19 heavy (non-hydrogen) atoms. The molecule has 0 aliphatic carbocycles. The van der Waals surface area contributed by atoms with Crippen LogP contribution in [0.15, 0.2) is 18.2 Å². The first-order chi connectivity index (χ1) is 8.87. The standard InChI is InChI=1S/C14H22NO3S/c1-15(2,3)8-9-19-14(16)12-7-6-11(17-4)10-13(12)18-5/h6-7,10H,8-9H2,1-5H3/q+1. The van der Waals surface area contributed by atoms with Crippen LogP contribution in [0.1, 0.15) is 10.4 Å². The number of methoxy groups -OCH3 is 2. The van der Waals surface area contributed by atoms with E-state index in [0.717, 1.165) is 16.8 Å². The third-order valence-corrected chi connectivity index (χ3v) is 3.49. The van der Waals surface area contributed by atoms with E-state index in [1.165, 1.54) is 11.8 Å². The van der Waals surface area contributed by atoms with E-state index < -0.39 is 0 Å². The van der Waals surface area contributed by atoms with Crippen molar-refractivity contribution in [1.29, 1.82) is 0 Å². The van der Waals surface area contributed by atoms with Gasteiger partial charge in [0.15, 0.2) is 0 Å². The van der Waals surface area contributed by atoms with Crippen LogP contribution in [0.3, 0.4) is 0 Å². The summed E-state index contributed by atoms with van der Waals surface area (Å²) >= 11 is 1.32. The van der Waals surface area contributed by atoms with Crippen LogP contribution in [0, 0.1) is 0 Å². The maximum absolute atomic E-state index is 12.1. The third-order valence-electron chi connectivity index (χ3n) is 2.62. The van der Waals surface area contributed by atoms with E-state index >= 15 is 0 Å². The zero-order valence-electron chi connectivity index (χ0n) is 12.2. The predicted octanol–water partition coefficient (Wildman–Crippen LogP) is 2.28. The maximum Gasteiger partial charge on any atom is 0.223 e. The van der Waals surface area contributed by atoms with Crippen LogP contribution >= 0.6 is 11.8 Å². The summed E-state index contributed by atoms with van der Waals surface area (Å²) in [5.41, 5.74) is 0.592. The van der Waals surface area contributed by atoms with Crippen molar-refractivity contribution >= 4 is 16.9 Å². The average Bonchev–Trinajstić information content (AvgIpc) is 2.36. The van der Waals surface area contributed by atoms with E-state index in [1.807, 2.05) is 0 Å². The van der Waals surface area contributed by atoms with Crippen molar-refractivity contribution in [3.63, 3.8) is 0 Å². The number of hydrogen-bond acceptors (Lipinski definition) is 4. The molecule has 0 amide bonds. The van der Waals surface area contributed by atoms with Gasteiger partial charge in [0.05, 0.1) is 53.2 Å². The summed E-state index contributed by atoms with van der Waals surface area (Å²) in [5.74, 6) is 2.03. The van der Waals surface area contributed by atoms with E-state index in [-0.39, 0.29) is 5.12 Å². The van der Waals surface area contributed by atoms with Gasteiger partial charge in [0.2, 0.25) is 5.12 Å². The Bertz CT molecular complexity index is 441. The van der Waals surface area contributed by atoms with Crippen LogP contribution in [0.25, 0.3) is 0 Å². The molecule has 0 fully saturated rings. The van der Waals surface area contributed by atoms with Gasteiger partial charge in [-0.05, 0) is 12.1 Å². The summed E-state index contributed by atoms with van der Waals surface area (Å²) in [4.78, 5) is 12.1. The molecule has 0 aliphatic rings. The Morgan fingerprint density at radius 1 is 1.21 bits per heavy atom. The fourth-order valence-corrected chi connectivity index (χ4v) is 2.61. The lowest BCUT2D eigenvalue weighted by Crippen LogP contribution is -2.36. The number of ether oxygens (including phenoxy) is 2. The van der Waals surface area contributed by atoms with Gasteiger partial charge in [-0.2, -0.15) is 0 Å². The van der Waals surface area contributed by atoms with Crippen molar-refractivity contribution in [3.8, 4) is 11.5 Å². The lowest BCUT2D eigenvalue weighted by atomic mass is 10.2. The number of carbonyl (C=O) groups excluding carboxylic acids is 1. The fraction of sp³-hybridized carbons (Fsp3) is 0.500. The number of quaternary nitrogens is 1. The van der Waals surface area contributed by atoms with Crippen LogP contribution in [-0.2, 0) is 0 Å². The molecule has 0 spiro atoms. The molecule has 0 N–H and O–H groups in total. The first-order valence-corrected chi connectivity index (χ1v) is 7.05. The molecule has 0 aromatic heterocycles. The highest BCUT2D eigenvalue weighted by Gasteiger charge is 2.15. The van der Waals surface area contributed by atoms with Gasteiger partial charge in [-0.15, -0.1) is 0 Å². The molecule has 1 aromatic carbocycles. The molecule has 0 saturated carbocycles. The Labute approximate surface area is 119 Å². The predicted molar refractivity (Wildman–Crippen MR) is 79.2 cm³/mol. The van der Waals surface area contributed by atoms with E-state index in [2.05, 4.69) is 21.1 Å². The fourth-order valence-electron chi connectivity index (χ4n) is 1.46. The highest BCUT2D eigenvalue weighted by Crippen LogP contribution is 2.27. The molecule has 0 aliphatic heterocycles. The number of carbonyl (C=O) groups is 1. The van der Waals surface area contributed by atoms with Crippen LogP contribution in [0.5, 0.6) is 11.5 Å². The second kappa shape index (κ2) is 6.82. The van der Waals surface area contributed by atoms with Crippen molar-refractivity contribution in [2.75, 3.05) is 47.7 Å². The minimum Gasteiger partial charge on any atom is -0.497 e. The minimum atomic E-state index is 0.0351. The Balaban J connectivity index is 2.71.